The number of phenolic OH excluding ortho intramolecular Hbond substituents is 1. The molecule has 0 atom stereocenters. The van der Waals surface area contributed by atoms with Crippen molar-refractivity contribution in [3.8, 4) is 5.75 Å². The minimum absolute atomic E-state index is 0.0180. The largest absolute Gasteiger partial charge is 0.506 e. The number of nitrogens with one attached hydrogen (secondary N) is 1. The number of H-pyrrole nitrogens is 1. The van der Waals surface area contributed by atoms with Gasteiger partial charge in [0, 0.05) is 11.5 Å². The zero-order chi connectivity index (χ0) is 12.6. The van der Waals surface area contributed by atoms with Crippen LogP contribution in [0.4, 0.5) is 0 Å². The van der Waals surface area contributed by atoms with Crippen molar-refractivity contribution >= 4 is 10.9 Å². The third-order valence-electron chi connectivity index (χ3n) is 3.49. The van der Waals surface area contributed by atoms with Gasteiger partial charge in [-0.05, 0) is 29.5 Å². The van der Waals surface area contributed by atoms with Gasteiger partial charge in [0.2, 0.25) is 5.56 Å². The van der Waals surface area contributed by atoms with E-state index in [2.05, 4.69) is 25.8 Å². The quantitative estimate of drug-likeness (QED) is 0.835. The Balaban J connectivity index is 2.84. The van der Waals surface area contributed by atoms with E-state index in [1.807, 2.05) is 6.07 Å². The molecule has 0 amide bonds. The first-order valence-electron chi connectivity index (χ1n) is 5.81. The smallest absolute Gasteiger partial charge is 0.248 e. The first-order valence-corrected chi connectivity index (χ1v) is 5.81. The van der Waals surface area contributed by atoms with Crippen molar-refractivity contribution < 1.29 is 5.11 Å². The van der Waals surface area contributed by atoms with Crippen molar-refractivity contribution in [2.45, 2.75) is 32.6 Å². The Bertz CT molecular complexity index is 611. The lowest BCUT2D eigenvalue weighted by molar-refractivity contribution is 0.477. The lowest BCUT2D eigenvalue weighted by atomic mass is 9.80. The molecule has 2 N–H and O–H groups in total. The number of hydrogen-bond acceptors (Lipinski definition) is 2. The van der Waals surface area contributed by atoms with Gasteiger partial charge in [-0.3, -0.25) is 4.79 Å². The fourth-order valence-electron chi connectivity index (χ4n) is 2.02. The molecular formula is C14H17NO2. The van der Waals surface area contributed by atoms with Crippen molar-refractivity contribution in [2.75, 3.05) is 0 Å². The van der Waals surface area contributed by atoms with Gasteiger partial charge in [0.1, 0.15) is 5.75 Å². The summed E-state index contributed by atoms with van der Waals surface area (Å²) in [6.07, 6.45) is 0.992. The van der Waals surface area contributed by atoms with Gasteiger partial charge in [-0.1, -0.05) is 26.8 Å². The zero-order valence-electron chi connectivity index (χ0n) is 10.4. The van der Waals surface area contributed by atoms with Crippen LogP contribution in [-0.4, -0.2) is 10.1 Å². The number of aromatic amines is 1. The van der Waals surface area contributed by atoms with Crippen molar-refractivity contribution in [3.63, 3.8) is 0 Å². The van der Waals surface area contributed by atoms with E-state index < -0.39 is 0 Å². The van der Waals surface area contributed by atoms with E-state index in [9.17, 15) is 9.90 Å². The summed E-state index contributed by atoms with van der Waals surface area (Å²) in [4.78, 5) is 14.0. The Morgan fingerprint density at radius 3 is 2.59 bits per heavy atom. The molecule has 0 aliphatic heterocycles. The Morgan fingerprint density at radius 2 is 1.94 bits per heavy atom. The van der Waals surface area contributed by atoms with Crippen LogP contribution in [0.25, 0.3) is 10.9 Å². The lowest BCUT2D eigenvalue weighted by Crippen LogP contribution is -2.16. The van der Waals surface area contributed by atoms with Crippen LogP contribution in [0.15, 0.2) is 29.1 Å². The number of hydrogen-bond donors (Lipinski definition) is 2. The van der Waals surface area contributed by atoms with Gasteiger partial charge in [0.05, 0.1) is 5.52 Å². The number of fused-ring (bicyclic) bond motifs is 1. The van der Waals surface area contributed by atoms with Gasteiger partial charge < -0.3 is 10.1 Å². The molecule has 0 unspecified atom stereocenters. The molecule has 0 aliphatic rings. The number of benzene rings is 1. The van der Waals surface area contributed by atoms with E-state index in [0.29, 0.717) is 5.52 Å². The molecule has 1 heterocycles. The molecule has 0 radical (unpaired) electrons. The monoisotopic (exact) mass is 231 g/mol. The van der Waals surface area contributed by atoms with Crippen molar-refractivity contribution in [2.24, 2.45) is 0 Å². The highest BCUT2D eigenvalue weighted by Gasteiger charge is 2.21. The summed E-state index contributed by atoms with van der Waals surface area (Å²) in [5, 5.41) is 10.7. The Labute approximate surface area is 100 Å². The molecule has 1 aromatic carbocycles. The molecule has 0 bridgehead atoms. The van der Waals surface area contributed by atoms with Crippen LogP contribution in [0, 0.1) is 0 Å². The van der Waals surface area contributed by atoms with E-state index >= 15 is 0 Å². The maximum Gasteiger partial charge on any atom is 0.248 e. The maximum absolute atomic E-state index is 11.3. The molecule has 1 aromatic heterocycles. The second-order valence-electron chi connectivity index (χ2n) is 4.98. The van der Waals surface area contributed by atoms with Gasteiger partial charge >= 0.3 is 0 Å². The summed E-state index contributed by atoms with van der Waals surface area (Å²) >= 11 is 0. The highest BCUT2D eigenvalue weighted by atomic mass is 16.3. The summed E-state index contributed by atoms with van der Waals surface area (Å²) in [6.45, 7) is 6.44. The predicted octanol–water partition coefficient (Wildman–Crippen LogP) is 2.92. The van der Waals surface area contributed by atoms with Gasteiger partial charge in [0.15, 0.2) is 0 Å². The van der Waals surface area contributed by atoms with Crippen LogP contribution in [0.5, 0.6) is 5.75 Å². The first kappa shape index (κ1) is 11.7. The topological polar surface area (TPSA) is 53.1 Å². The molecule has 2 rings (SSSR count). The van der Waals surface area contributed by atoms with Gasteiger partial charge in [-0.2, -0.15) is 0 Å². The summed E-state index contributed by atoms with van der Waals surface area (Å²) in [6, 6.07) is 6.85. The zero-order valence-corrected chi connectivity index (χ0v) is 10.4. The average molecular weight is 231 g/mol. The second kappa shape index (κ2) is 3.91. The van der Waals surface area contributed by atoms with Crippen LogP contribution in [0.1, 0.15) is 32.8 Å². The van der Waals surface area contributed by atoms with E-state index in [-0.39, 0.29) is 16.7 Å². The summed E-state index contributed by atoms with van der Waals surface area (Å²) in [7, 11) is 0. The summed E-state index contributed by atoms with van der Waals surface area (Å²) in [5.41, 5.74) is 1.49. The van der Waals surface area contributed by atoms with Crippen molar-refractivity contribution in [3.05, 3.63) is 40.2 Å². The first-order chi connectivity index (χ1) is 7.95. The summed E-state index contributed by atoms with van der Waals surface area (Å²) < 4.78 is 0. The van der Waals surface area contributed by atoms with Crippen LogP contribution >= 0.6 is 0 Å². The molecule has 17 heavy (non-hydrogen) atoms. The summed E-state index contributed by atoms with van der Waals surface area (Å²) in [5.74, 6) is 0.119. The normalized spacial score (nSPS) is 11.9. The number of pyridine rings is 1. The van der Waals surface area contributed by atoms with Crippen LogP contribution < -0.4 is 5.56 Å². The molecular weight excluding hydrogens is 214 g/mol. The number of rotatable bonds is 2. The minimum atomic E-state index is -0.195. The van der Waals surface area contributed by atoms with Crippen LogP contribution in [-0.2, 0) is 5.41 Å². The van der Waals surface area contributed by atoms with E-state index in [1.54, 1.807) is 12.1 Å². The molecule has 0 fully saturated rings. The van der Waals surface area contributed by atoms with Gasteiger partial charge in [-0.25, -0.2) is 0 Å². The number of aromatic hydroxyl groups is 1. The standard InChI is InChI=1S/C14H17NO2/c1-4-14(2,3)10-6-7-11(16)13-9(10)5-8-12(17)15-13/h5-8,16H,4H2,1-3H3,(H,15,17). The Hall–Kier alpha value is -1.77. The van der Waals surface area contributed by atoms with Crippen molar-refractivity contribution in [1.82, 2.24) is 4.98 Å². The van der Waals surface area contributed by atoms with Crippen LogP contribution in [0.3, 0.4) is 0 Å². The molecule has 3 heteroatoms. The highest BCUT2D eigenvalue weighted by Crippen LogP contribution is 2.34. The second-order valence-corrected chi connectivity index (χ2v) is 4.98. The maximum atomic E-state index is 11.3. The average Bonchev–Trinajstić information content (AvgIpc) is 2.30. The Morgan fingerprint density at radius 1 is 1.24 bits per heavy atom. The van der Waals surface area contributed by atoms with Gasteiger partial charge in [-0.15, -0.1) is 0 Å². The fraction of sp³-hybridized carbons (Fsp3) is 0.357. The molecule has 0 aliphatic carbocycles. The van der Waals surface area contributed by atoms with Gasteiger partial charge in [0.25, 0.3) is 0 Å². The minimum Gasteiger partial charge on any atom is -0.506 e. The molecule has 3 nitrogen and oxygen atoms in total. The third-order valence-corrected chi connectivity index (χ3v) is 3.49. The molecule has 0 saturated carbocycles. The molecule has 0 saturated heterocycles. The molecule has 0 spiro atoms. The van der Waals surface area contributed by atoms with E-state index in [0.717, 1.165) is 17.4 Å². The van der Waals surface area contributed by atoms with Crippen molar-refractivity contribution in [1.29, 1.82) is 0 Å². The highest BCUT2D eigenvalue weighted by molar-refractivity contribution is 5.87. The Kier molecular flexibility index (Phi) is 2.69. The number of phenols is 1. The molecule has 2 aromatic rings. The van der Waals surface area contributed by atoms with E-state index in [4.69, 9.17) is 0 Å². The third kappa shape index (κ3) is 1.93. The SMILES string of the molecule is CCC(C)(C)c1ccc(O)c2[nH]c(=O)ccc12. The van der Waals surface area contributed by atoms with E-state index in [1.165, 1.54) is 6.07 Å². The fourth-order valence-corrected chi connectivity index (χ4v) is 2.02. The lowest BCUT2D eigenvalue weighted by Gasteiger charge is -2.25. The molecule has 90 valence electrons. The number of aromatic nitrogens is 1. The van der Waals surface area contributed by atoms with Crippen LogP contribution in [0.2, 0.25) is 0 Å². The predicted molar refractivity (Wildman–Crippen MR) is 69.6 cm³/mol.